The number of anilines is 1. The number of hydrogen-bond acceptors (Lipinski definition) is 2. The van der Waals surface area contributed by atoms with Crippen molar-refractivity contribution in [3.05, 3.63) is 63.9 Å². The molecule has 3 nitrogen and oxygen atoms in total. The van der Waals surface area contributed by atoms with Crippen molar-refractivity contribution >= 4 is 27.5 Å². The zero-order valence-electron chi connectivity index (χ0n) is 10.9. The lowest BCUT2D eigenvalue weighted by molar-refractivity contribution is 0.0784. The van der Waals surface area contributed by atoms with E-state index in [9.17, 15) is 9.18 Å². The summed E-state index contributed by atoms with van der Waals surface area (Å²) in [5.41, 5.74) is 7.74. The molecule has 0 aromatic heterocycles. The van der Waals surface area contributed by atoms with Crippen LogP contribution in [0.5, 0.6) is 0 Å². The average Bonchev–Trinajstić information content (AvgIpc) is 2.38. The van der Waals surface area contributed by atoms with Gasteiger partial charge in [-0.3, -0.25) is 4.79 Å². The predicted octanol–water partition coefficient (Wildman–Crippen LogP) is 3.44. The molecule has 0 aliphatic carbocycles. The highest BCUT2D eigenvalue weighted by molar-refractivity contribution is 9.10. The molecule has 0 atom stereocenters. The lowest BCUT2D eigenvalue weighted by atomic mass is 10.1. The van der Waals surface area contributed by atoms with E-state index in [1.54, 1.807) is 18.0 Å². The Bertz CT molecular complexity index is 646. The molecule has 0 fully saturated rings. The predicted molar refractivity (Wildman–Crippen MR) is 80.8 cm³/mol. The molecule has 0 unspecified atom stereocenters. The van der Waals surface area contributed by atoms with Crippen LogP contribution in [0.3, 0.4) is 0 Å². The van der Waals surface area contributed by atoms with Gasteiger partial charge in [-0.05, 0) is 51.8 Å². The fourth-order valence-corrected chi connectivity index (χ4v) is 2.43. The second-order valence-electron chi connectivity index (χ2n) is 4.53. The minimum absolute atomic E-state index is 0.181. The molecule has 2 rings (SSSR count). The van der Waals surface area contributed by atoms with Crippen LogP contribution < -0.4 is 5.73 Å². The molecule has 5 heteroatoms. The van der Waals surface area contributed by atoms with Gasteiger partial charge in [0.2, 0.25) is 0 Å². The maximum atomic E-state index is 13.0. The molecule has 2 aromatic carbocycles. The molecule has 0 aliphatic rings. The first kappa shape index (κ1) is 14.5. The van der Waals surface area contributed by atoms with Crippen LogP contribution in [0.15, 0.2) is 46.9 Å². The molecule has 0 heterocycles. The van der Waals surface area contributed by atoms with Gasteiger partial charge in [-0.1, -0.05) is 12.1 Å². The minimum Gasteiger partial charge on any atom is -0.399 e. The van der Waals surface area contributed by atoms with Gasteiger partial charge >= 0.3 is 0 Å². The summed E-state index contributed by atoms with van der Waals surface area (Å²) in [6.45, 7) is 0.438. The summed E-state index contributed by atoms with van der Waals surface area (Å²) in [6, 6.07) is 11.4. The van der Waals surface area contributed by atoms with Crippen LogP contribution in [0, 0.1) is 5.82 Å². The average molecular weight is 337 g/mol. The summed E-state index contributed by atoms with van der Waals surface area (Å²) in [4.78, 5) is 13.9. The molecule has 0 bridgehead atoms. The number of rotatable bonds is 3. The molecule has 20 heavy (non-hydrogen) atoms. The lowest BCUT2D eigenvalue weighted by Crippen LogP contribution is -2.26. The highest BCUT2D eigenvalue weighted by atomic mass is 79.9. The molecule has 104 valence electrons. The molecule has 1 amide bonds. The third-order valence-electron chi connectivity index (χ3n) is 2.88. The number of halogens is 2. The Labute approximate surface area is 125 Å². The van der Waals surface area contributed by atoms with Gasteiger partial charge in [0, 0.05) is 23.8 Å². The van der Waals surface area contributed by atoms with E-state index in [4.69, 9.17) is 5.73 Å². The molecular formula is C15H14BrFN2O. The zero-order chi connectivity index (χ0) is 14.7. The van der Waals surface area contributed by atoms with Gasteiger partial charge in [0.1, 0.15) is 5.82 Å². The second-order valence-corrected chi connectivity index (χ2v) is 5.38. The Morgan fingerprint density at radius 3 is 2.70 bits per heavy atom. The highest BCUT2D eigenvalue weighted by Gasteiger charge is 2.15. The van der Waals surface area contributed by atoms with Crippen LogP contribution in [0.4, 0.5) is 10.1 Å². The number of benzene rings is 2. The smallest absolute Gasteiger partial charge is 0.255 e. The summed E-state index contributed by atoms with van der Waals surface area (Å²) in [5, 5.41) is 0. The van der Waals surface area contributed by atoms with E-state index in [1.165, 1.54) is 18.2 Å². The van der Waals surface area contributed by atoms with E-state index >= 15 is 0 Å². The fourth-order valence-electron chi connectivity index (χ4n) is 1.91. The Balaban J connectivity index is 2.16. The molecule has 0 radical (unpaired) electrons. The number of nitrogens with zero attached hydrogens (tertiary/aromatic N) is 1. The van der Waals surface area contributed by atoms with Gasteiger partial charge in [0.05, 0.1) is 5.56 Å². The van der Waals surface area contributed by atoms with Gasteiger partial charge in [0.25, 0.3) is 5.91 Å². The van der Waals surface area contributed by atoms with E-state index < -0.39 is 0 Å². The van der Waals surface area contributed by atoms with E-state index in [2.05, 4.69) is 15.9 Å². The molecular weight excluding hydrogens is 323 g/mol. The van der Waals surface area contributed by atoms with Crippen molar-refractivity contribution in [3.63, 3.8) is 0 Å². The third-order valence-corrected chi connectivity index (χ3v) is 3.54. The van der Waals surface area contributed by atoms with Crippen molar-refractivity contribution in [2.45, 2.75) is 6.54 Å². The maximum Gasteiger partial charge on any atom is 0.255 e. The molecule has 2 N–H and O–H groups in total. The van der Waals surface area contributed by atoms with Crippen LogP contribution in [-0.4, -0.2) is 17.9 Å². The molecule has 0 aliphatic heterocycles. The minimum atomic E-state index is -0.382. The summed E-state index contributed by atoms with van der Waals surface area (Å²) in [6.07, 6.45) is 0. The molecule has 0 saturated heterocycles. The Morgan fingerprint density at radius 1 is 1.30 bits per heavy atom. The van der Waals surface area contributed by atoms with Crippen molar-refractivity contribution in [1.29, 1.82) is 0 Å². The molecule has 0 saturated carbocycles. The van der Waals surface area contributed by atoms with Gasteiger partial charge < -0.3 is 10.6 Å². The summed E-state index contributed by atoms with van der Waals surface area (Å²) in [7, 11) is 1.70. The van der Waals surface area contributed by atoms with Crippen molar-refractivity contribution in [2.24, 2.45) is 0 Å². The van der Waals surface area contributed by atoms with Crippen LogP contribution in [0.25, 0.3) is 0 Å². The maximum absolute atomic E-state index is 13.0. The van der Waals surface area contributed by atoms with Gasteiger partial charge in [0.15, 0.2) is 0 Å². The van der Waals surface area contributed by atoms with Crippen molar-refractivity contribution in [1.82, 2.24) is 4.90 Å². The first-order chi connectivity index (χ1) is 9.47. The van der Waals surface area contributed by atoms with Gasteiger partial charge in [-0.25, -0.2) is 4.39 Å². The van der Waals surface area contributed by atoms with Crippen molar-refractivity contribution in [3.8, 4) is 0 Å². The normalized spacial score (nSPS) is 10.3. The van der Waals surface area contributed by atoms with E-state index in [0.717, 1.165) is 5.56 Å². The van der Waals surface area contributed by atoms with Crippen molar-refractivity contribution < 1.29 is 9.18 Å². The first-order valence-corrected chi connectivity index (χ1v) is 6.81. The molecule has 2 aromatic rings. The first-order valence-electron chi connectivity index (χ1n) is 6.02. The number of carbonyl (C=O) groups is 1. The molecule has 0 spiro atoms. The summed E-state index contributed by atoms with van der Waals surface area (Å²) >= 11 is 3.21. The standard InChI is InChI=1S/C15H14BrFN2O/c1-19(9-10-3-2-4-12(18)7-10)15(20)13-6-5-11(17)8-14(13)16/h2-8H,9,18H2,1H3. The number of nitrogens with two attached hydrogens (primary N) is 1. The monoisotopic (exact) mass is 336 g/mol. The topological polar surface area (TPSA) is 46.3 Å². The second kappa shape index (κ2) is 6.05. The van der Waals surface area contributed by atoms with Gasteiger partial charge in [-0.2, -0.15) is 0 Å². The van der Waals surface area contributed by atoms with Gasteiger partial charge in [-0.15, -0.1) is 0 Å². The summed E-state index contributed by atoms with van der Waals surface area (Å²) in [5.74, 6) is -0.564. The Morgan fingerprint density at radius 2 is 2.05 bits per heavy atom. The number of nitrogen functional groups attached to an aromatic ring is 1. The third kappa shape index (κ3) is 3.36. The number of hydrogen-bond donors (Lipinski definition) is 1. The SMILES string of the molecule is CN(Cc1cccc(N)c1)C(=O)c1ccc(F)cc1Br. The van der Waals surface area contributed by atoms with E-state index in [0.29, 0.717) is 22.3 Å². The Kier molecular flexibility index (Phi) is 4.39. The number of amides is 1. The van der Waals surface area contributed by atoms with Crippen molar-refractivity contribution in [2.75, 3.05) is 12.8 Å². The van der Waals surface area contributed by atoms with Crippen LogP contribution in [0.2, 0.25) is 0 Å². The largest absolute Gasteiger partial charge is 0.399 e. The fraction of sp³-hybridized carbons (Fsp3) is 0.133. The van der Waals surface area contributed by atoms with E-state index in [1.807, 2.05) is 18.2 Å². The van der Waals surface area contributed by atoms with Crippen LogP contribution in [-0.2, 0) is 6.54 Å². The Hall–Kier alpha value is -1.88. The van der Waals surface area contributed by atoms with Crippen LogP contribution >= 0.6 is 15.9 Å². The zero-order valence-corrected chi connectivity index (χ0v) is 12.5. The highest BCUT2D eigenvalue weighted by Crippen LogP contribution is 2.20. The number of carbonyl (C=O) groups excluding carboxylic acids is 1. The summed E-state index contributed by atoms with van der Waals surface area (Å²) < 4.78 is 13.5. The van der Waals surface area contributed by atoms with E-state index in [-0.39, 0.29) is 11.7 Å². The van der Waals surface area contributed by atoms with Crippen LogP contribution in [0.1, 0.15) is 15.9 Å². The quantitative estimate of drug-likeness (QED) is 0.872. The lowest BCUT2D eigenvalue weighted by Gasteiger charge is -2.18.